The van der Waals surface area contributed by atoms with Crippen LogP contribution in [0.1, 0.15) is 39.5 Å². The van der Waals surface area contributed by atoms with Crippen LogP contribution in [-0.4, -0.2) is 36.5 Å². The second-order valence-corrected chi connectivity index (χ2v) is 4.43. The number of ether oxygens (including phenoxy) is 1. The number of nitrogens with zero attached hydrogens (tertiary/aromatic N) is 1. The quantitative estimate of drug-likeness (QED) is 0.541. The van der Waals surface area contributed by atoms with Gasteiger partial charge in [-0.05, 0) is 31.6 Å². The van der Waals surface area contributed by atoms with E-state index in [1.165, 1.54) is 6.92 Å². The van der Waals surface area contributed by atoms with Crippen LogP contribution in [-0.2, 0) is 14.3 Å². The van der Waals surface area contributed by atoms with E-state index in [-0.39, 0.29) is 11.9 Å². The summed E-state index contributed by atoms with van der Waals surface area (Å²) < 4.78 is 4.89. The zero-order chi connectivity index (χ0) is 12.0. The molecule has 1 aliphatic heterocycles. The third-order valence-electron chi connectivity index (χ3n) is 3.12. The Morgan fingerprint density at radius 2 is 1.88 bits per heavy atom. The van der Waals surface area contributed by atoms with Crippen molar-refractivity contribution in [1.29, 1.82) is 0 Å². The number of likely N-dealkylation sites (tertiary alicyclic amines) is 1. The molecule has 0 spiro atoms. The van der Waals surface area contributed by atoms with Crippen molar-refractivity contribution in [2.24, 2.45) is 5.92 Å². The number of hydrogen-bond donors (Lipinski definition) is 0. The smallest absolute Gasteiger partial charge is 0.302 e. The van der Waals surface area contributed by atoms with E-state index >= 15 is 0 Å². The van der Waals surface area contributed by atoms with Gasteiger partial charge < -0.3 is 9.64 Å². The molecular formula is C12H21NO3. The van der Waals surface area contributed by atoms with Crippen molar-refractivity contribution in [2.45, 2.75) is 39.5 Å². The lowest BCUT2D eigenvalue weighted by Crippen LogP contribution is -2.37. The van der Waals surface area contributed by atoms with E-state index in [1.807, 2.05) is 4.90 Å². The SMILES string of the molecule is CC(=O)OCCCC1CCN(C(C)=O)CC1. The molecule has 92 valence electrons. The molecule has 4 heteroatoms. The molecule has 4 nitrogen and oxygen atoms in total. The zero-order valence-electron chi connectivity index (χ0n) is 10.2. The highest BCUT2D eigenvalue weighted by Gasteiger charge is 2.20. The van der Waals surface area contributed by atoms with Gasteiger partial charge in [0.15, 0.2) is 0 Å². The monoisotopic (exact) mass is 227 g/mol. The molecular weight excluding hydrogens is 206 g/mol. The van der Waals surface area contributed by atoms with Crippen molar-refractivity contribution in [2.75, 3.05) is 19.7 Å². The molecule has 1 fully saturated rings. The molecule has 1 rings (SSSR count). The third-order valence-corrected chi connectivity index (χ3v) is 3.12. The average Bonchev–Trinajstić information content (AvgIpc) is 2.25. The second-order valence-electron chi connectivity index (χ2n) is 4.43. The van der Waals surface area contributed by atoms with Crippen molar-refractivity contribution in [3.63, 3.8) is 0 Å². The summed E-state index contributed by atoms with van der Waals surface area (Å²) in [7, 11) is 0. The van der Waals surface area contributed by atoms with Gasteiger partial charge >= 0.3 is 5.97 Å². The van der Waals surface area contributed by atoms with Crippen molar-refractivity contribution in [1.82, 2.24) is 4.90 Å². The van der Waals surface area contributed by atoms with Gasteiger partial charge in [0.2, 0.25) is 5.91 Å². The summed E-state index contributed by atoms with van der Waals surface area (Å²) in [5, 5.41) is 0. The van der Waals surface area contributed by atoms with E-state index in [0.717, 1.165) is 38.8 Å². The van der Waals surface area contributed by atoms with Crippen molar-refractivity contribution in [3.05, 3.63) is 0 Å². The summed E-state index contributed by atoms with van der Waals surface area (Å²) >= 11 is 0. The fourth-order valence-corrected chi connectivity index (χ4v) is 2.12. The van der Waals surface area contributed by atoms with Crippen molar-refractivity contribution >= 4 is 11.9 Å². The minimum absolute atomic E-state index is 0.179. The number of hydrogen-bond acceptors (Lipinski definition) is 3. The summed E-state index contributed by atoms with van der Waals surface area (Å²) in [5.74, 6) is 0.663. The van der Waals surface area contributed by atoms with E-state index in [2.05, 4.69) is 0 Å². The standard InChI is InChI=1S/C12H21NO3/c1-10(14)13-7-5-12(6-8-13)4-3-9-16-11(2)15/h12H,3-9H2,1-2H3. The fraction of sp³-hybridized carbons (Fsp3) is 0.833. The van der Waals surface area contributed by atoms with Gasteiger partial charge in [-0.2, -0.15) is 0 Å². The Labute approximate surface area is 96.9 Å². The Morgan fingerprint density at radius 1 is 1.25 bits per heavy atom. The van der Waals surface area contributed by atoms with Crippen molar-refractivity contribution < 1.29 is 14.3 Å². The molecule has 0 N–H and O–H groups in total. The molecule has 0 unspecified atom stereocenters. The predicted molar refractivity (Wildman–Crippen MR) is 60.8 cm³/mol. The largest absolute Gasteiger partial charge is 0.466 e. The first-order valence-corrected chi connectivity index (χ1v) is 5.98. The van der Waals surface area contributed by atoms with Gasteiger partial charge in [-0.25, -0.2) is 0 Å². The summed E-state index contributed by atoms with van der Waals surface area (Å²) in [5.41, 5.74) is 0. The first kappa shape index (κ1) is 13.0. The van der Waals surface area contributed by atoms with Gasteiger partial charge in [0.05, 0.1) is 6.61 Å². The molecule has 1 saturated heterocycles. The van der Waals surface area contributed by atoms with Crippen LogP contribution < -0.4 is 0 Å². The molecule has 0 atom stereocenters. The highest BCUT2D eigenvalue weighted by Crippen LogP contribution is 2.21. The van der Waals surface area contributed by atoms with Gasteiger partial charge in [0.1, 0.15) is 0 Å². The van der Waals surface area contributed by atoms with Gasteiger partial charge in [-0.15, -0.1) is 0 Å². The lowest BCUT2D eigenvalue weighted by molar-refractivity contribution is -0.141. The zero-order valence-corrected chi connectivity index (χ0v) is 10.2. The van der Waals surface area contributed by atoms with Gasteiger partial charge in [-0.1, -0.05) is 0 Å². The molecule has 0 saturated carbocycles. The first-order valence-electron chi connectivity index (χ1n) is 5.98. The van der Waals surface area contributed by atoms with Crippen molar-refractivity contribution in [3.8, 4) is 0 Å². The second kappa shape index (κ2) is 6.51. The summed E-state index contributed by atoms with van der Waals surface area (Å²) in [6.07, 6.45) is 4.20. The average molecular weight is 227 g/mol. The highest BCUT2D eigenvalue weighted by atomic mass is 16.5. The van der Waals surface area contributed by atoms with Crippen LogP contribution in [0, 0.1) is 5.92 Å². The Kier molecular flexibility index (Phi) is 5.29. The minimum Gasteiger partial charge on any atom is -0.466 e. The lowest BCUT2D eigenvalue weighted by Gasteiger charge is -2.31. The van der Waals surface area contributed by atoms with Crippen LogP contribution in [0.5, 0.6) is 0 Å². The Morgan fingerprint density at radius 3 is 2.38 bits per heavy atom. The Hall–Kier alpha value is -1.06. The molecule has 16 heavy (non-hydrogen) atoms. The van der Waals surface area contributed by atoms with Gasteiger partial charge in [0.25, 0.3) is 0 Å². The molecule has 0 aromatic rings. The normalized spacial score (nSPS) is 17.2. The molecule has 0 aromatic carbocycles. The highest BCUT2D eigenvalue weighted by molar-refractivity contribution is 5.73. The van der Waals surface area contributed by atoms with Crippen LogP contribution in [0.3, 0.4) is 0 Å². The van der Waals surface area contributed by atoms with E-state index in [0.29, 0.717) is 12.5 Å². The van der Waals surface area contributed by atoms with Crippen LogP contribution in [0.15, 0.2) is 0 Å². The molecule has 0 aromatic heterocycles. The van der Waals surface area contributed by atoms with Crippen LogP contribution in [0.4, 0.5) is 0 Å². The van der Waals surface area contributed by atoms with E-state index in [4.69, 9.17) is 4.74 Å². The fourth-order valence-electron chi connectivity index (χ4n) is 2.12. The maximum atomic E-state index is 11.1. The summed E-state index contributed by atoms with van der Waals surface area (Å²) in [6, 6.07) is 0. The van der Waals surface area contributed by atoms with E-state index in [1.54, 1.807) is 6.92 Å². The molecule has 1 heterocycles. The van der Waals surface area contributed by atoms with Crippen LogP contribution >= 0.6 is 0 Å². The predicted octanol–water partition coefficient (Wildman–Crippen LogP) is 1.59. The maximum Gasteiger partial charge on any atom is 0.302 e. The number of esters is 1. The molecule has 1 aliphatic rings. The third kappa shape index (κ3) is 4.64. The topological polar surface area (TPSA) is 46.6 Å². The number of rotatable bonds is 4. The number of amides is 1. The molecule has 0 bridgehead atoms. The number of piperidine rings is 1. The number of carbonyl (C=O) groups excluding carboxylic acids is 2. The maximum absolute atomic E-state index is 11.1. The molecule has 1 amide bonds. The number of carbonyl (C=O) groups is 2. The molecule has 0 aliphatic carbocycles. The Bertz CT molecular complexity index is 245. The van der Waals surface area contributed by atoms with Gasteiger partial charge in [0, 0.05) is 26.9 Å². The van der Waals surface area contributed by atoms with E-state index < -0.39 is 0 Å². The van der Waals surface area contributed by atoms with Gasteiger partial charge in [-0.3, -0.25) is 9.59 Å². The summed E-state index contributed by atoms with van der Waals surface area (Å²) in [6.45, 7) is 5.36. The first-order chi connectivity index (χ1) is 7.59. The van der Waals surface area contributed by atoms with Crippen LogP contribution in [0.25, 0.3) is 0 Å². The van der Waals surface area contributed by atoms with E-state index in [9.17, 15) is 9.59 Å². The minimum atomic E-state index is -0.202. The summed E-state index contributed by atoms with van der Waals surface area (Å²) in [4.78, 5) is 23.6. The van der Waals surface area contributed by atoms with Crippen LogP contribution in [0.2, 0.25) is 0 Å². The lowest BCUT2D eigenvalue weighted by atomic mass is 9.92. The Balaban J connectivity index is 2.08. The molecule has 0 radical (unpaired) electrons.